The maximum absolute atomic E-state index is 11.4. The van der Waals surface area contributed by atoms with E-state index in [1.807, 2.05) is 6.07 Å². The van der Waals surface area contributed by atoms with Crippen molar-refractivity contribution in [3.8, 4) is 5.75 Å². The summed E-state index contributed by atoms with van der Waals surface area (Å²) < 4.78 is 28.6. The number of benzene rings is 1. The molecule has 19 heavy (non-hydrogen) atoms. The second kappa shape index (κ2) is 4.80. The average Bonchev–Trinajstić information content (AvgIpc) is 2.89. The second-order valence-electron chi connectivity index (χ2n) is 5.56. The van der Waals surface area contributed by atoms with E-state index in [0.29, 0.717) is 12.3 Å². The number of rotatable bonds is 3. The molecule has 1 fully saturated rings. The van der Waals surface area contributed by atoms with Gasteiger partial charge in [0.25, 0.3) is 0 Å². The van der Waals surface area contributed by atoms with E-state index in [9.17, 15) is 8.42 Å². The maximum atomic E-state index is 11.4. The lowest BCUT2D eigenvalue weighted by molar-refractivity contribution is 0.223. The number of aryl methyl sites for hydroxylation is 1. The summed E-state index contributed by atoms with van der Waals surface area (Å²) in [7, 11) is -2.80. The molecule has 2 aliphatic heterocycles. The molecule has 0 radical (unpaired) electrons. The third-order valence-electron chi connectivity index (χ3n) is 3.82. The van der Waals surface area contributed by atoms with Crippen molar-refractivity contribution in [2.75, 3.05) is 18.1 Å². The molecule has 0 amide bonds. The van der Waals surface area contributed by atoms with E-state index in [1.165, 1.54) is 11.1 Å². The van der Waals surface area contributed by atoms with Gasteiger partial charge in [-0.1, -0.05) is 17.7 Å². The van der Waals surface area contributed by atoms with Crippen LogP contribution in [0.2, 0.25) is 0 Å². The van der Waals surface area contributed by atoms with Gasteiger partial charge >= 0.3 is 0 Å². The van der Waals surface area contributed by atoms with Gasteiger partial charge in [0, 0.05) is 19.0 Å². The van der Waals surface area contributed by atoms with Crippen LogP contribution in [0.25, 0.3) is 0 Å². The summed E-state index contributed by atoms with van der Waals surface area (Å²) in [6, 6.07) is 6.33. The Kier molecular flexibility index (Phi) is 3.27. The van der Waals surface area contributed by atoms with Crippen LogP contribution < -0.4 is 10.1 Å². The largest absolute Gasteiger partial charge is 0.488 e. The van der Waals surface area contributed by atoms with Crippen LogP contribution in [0.5, 0.6) is 5.75 Å². The molecule has 4 nitrogen and oxygen atoms in total. The van der Waals surface area contributed by atoms with Crippen LogP contribution >= 0.6 is 0 Å². The van der Waals surface area contributed by atoms with Crippen LogP contribution in [-0.2, 0) is 16.3 Å². The summed E-state index contributed by atoms with van der Waals surface area (Å²) >= 11 is 0. The number of nitrogens with one attached hydrogen (secondary N) is 1. The molecule has 0 aliphatic carbocycles. The summed E-state index contributed by atoms with van der Waals surface area (Å²) in [4.78, 5) is 0. The molecule has 0 aromatic heterocycles. The maximum Gasteiger partial charge on any atom is 0.151 e. The molecule has 104 valence electrons. The molecule has 5 heteroatoms. The molecular weight excluding hydrogens is 262 g/mol. The predicted molar refractivity (Wildman–Crippen MR) is 74.4 cm³/mol. The lowest BCUT2D eigenvalue weighted by atomic mass is 10.1. The number of sulfone groups is 1. The fraction of sp³-hybridized carbons (Fsp3) is 0.571. The molecule has 2 aliphatic rings. The SMILES string of the molecule is Cc1ccc2c(c1)CC(CNC1CCS(=O)(=O)C1)O2. The van der Waals surface area contributed by atoms with E-state index < -0.39 is 9.84 Å². The minimum absolute atomic E-state index is 0.0963. The highest BCUT2D eigenvalue weighted by atomic mass is 32.2. The summed E-state index contributed by atoms with van der Waals surface area (Å²) in [5.74, 6) is 1.55. The minimum Gasteiger partial charge on any atom is -0.488 e. The van der Waals surface area contributed by atoms with Crippen molar-refractivity contribution in [2.45, 2.75) is 31.9 Å². The average molecular weight is 281 g/mol. The number of ether oxygens (including phenoxy) is 1. The normalized spacial score (nSPS) is 28.1. The lowest BCUT2D eigenvalue weighted by Gasteiger charge is -2.15. The molecule has 2 atom stereocenters. The van der Waals surface area contributed by atoms with E-state index >= 15 is 0 Å². The Bertz CT molecular complexity index is 582. The molecule has 1 N–H and O–H groups in total. The first-order valence-corrected chi connectivity index (χ1v) is 8.54. The summed E-state index contributed by atoms with van der Waals surface area (Å²) in [6.45, 7) is 2.79. The van der Waals surface area contributed by atoms with Gasteiger partial charge in [-0.05, 0) is 25.0 Å². The predicted octanol–water partition coefficient (Wildman–Crippen LogP) is 1.08. The van der Waals surface area contributed by atoms with Gasteiger partial charge in [0.1, 0.15) is 11.9 Å². The summed E-state index contributed by atoms with van der Waals surface area (Å²) in [5, 5.41) is 3.32. The Morgan fingerprint density at radius 1 is 1.42 bits per heavy atom. The molecular formula is C14H19NO3S. The van der Waals surface area contributed by atoms with Gasteiger partial charge in [0.2, 0.25) is 0 Å². The van der Waals surface area contributed by atoms with Crippen LogP contribution in [0.4, 0.5) is 0 Å². The highest BCUT2D eigenvalue weighted by molar-refractivity contribution is 7.91. The Morgan fingerprint density at radius 2 is 2.26 bits per heavy atom. The Balaban J connectivity index is 1.54. The standard InChI is InChI=1S/C14H19NO3S/c1-10-2-3-14-11(6-10)7-13(18-14)8-15-12-4-5-19(16,17)9-12/h2-3,6,12-13,15H,4-5,7-9H2,1H3. The Hall–Kier alpha value is -1.07. The van der Waals surface area contributed by atoms with Gasteiger partial charge in [0.15, 0.2) is 9.84 Å². The van der Waals surface area contributed by atoms with Crippen molar-refractivity contribution in [1.82, 2.24) is 5.32 Å². The zero-order chi connectivity index (χ0) is 13.5. The van der Waals surface area contributed by atoms with Crippen LogP contribution in [0.1, 0.15) is 17.5 Å². The first-order valence-electron chi connectivity index (χ1n) is 6.72. The van der Waals surface area contributed by atoms with E-state index in [1.54, 1.807) is 0 Å². The van der Waals surface area contributed by atoms with Gasteiger partial charge in [-0.25, -0.2) is 8.42 Å². The molecule has 2 heterocycles. The van der Waals surface area contributed by atoms with Gasteiger partial charge in [-0.2, -0.15) is 0 Å². The monoisotopic (exact) mass is 281 g/mol. The van der Waals surface area contributed by atoms with Crippen molar-refractivity contribution in [3.05, 3.63) is 29.3 Å². The van der Waals surface area contributed by atoms with Crippen molar-refractivity contribution < 1.29 is 13.2 Å². The van der Waals surface area contributed by atoms with Crippen LogP contribution in [0, 0.1) is 6.92 Å². The van der Waals surface area contributed by atoms with E-state index in [4.69, 9.17) is 4.74 Å². The van der Waals surface area contributed by atoms with Crippen LogP contribution in [0.15, 0.2) is 18.2 Å². The number of hydrogen-bond acceptors (Lipinski definition) is 4. The van der Waals surface area contributed by atoms with Crippen molar-refractivity contribution in [3.63, 3.8) is 0 Å². The summed E-state index contributed by atoms with van der Waals surface area (Å²) in [6.07, 6.45) is 1.75. The van der Waals surface area contributed by atoms with Gasteiger partial charge in [0.05, 0.1) is 11.5 Å². The fourth-order valence-electron chi connectivity index (χ4n) is 2.82. The van der Waals surface area contributed by atoms with E-state index in [0.717, 1.165) is 18.6 Å². The second-order valence-corrected chi connectivity index (χ2v) is 7.79. The van der Waals surface area contributed by atoms with Crippen LogP contribution in [-0.4, -0.2) is 38.6 Å². The van der Waals surface area contributed by atoms with E-state index in [-0.39, 0.29) is 17.9 Å². The Morgan fingerprint density at radius 3 is 3.00 bits per heavy atom. The zero-order valence-corrected chi connectivity index (χ0v) is 11.9. The van der Waals surface area contributed by atoms with Crippen molar-refractivity contribution in [1.29, 1.82) is 0 Å². The number of hydrogen-bond donors (Lipinski definition) is 1. The molecule has 2 unspecified atom stereocenters. The first kappa shape index (κ1) is 12.9. The Labute approximate surface area is 114 Å². The third-order valence-corrected chi connectivity index (χ3v) is 5.59. The number of fused-ring (bicyclic) bond motifs is 1. The summed E-state index contributed by atoms with van der Waals surface area (Å²) in [5.41, 5.74) is 2.50. The smallest absolute Gasteiger partial charge is 0.151 e. The van der Waals surface area contributed by atoms with E-state index in [2.05, 4.69) is 24.4 Å². The molecule has 1 aromatic rings. The third kappa shape index (κ3) is 2.92. The topological polar surface area (TPSA) is 55.4 Å². The van der Waals surface area contributed by atoms with Crippen molar-refractivity contribution in [2.24, 2.45) is 0 Å². The van der Waals surface area contributed by atoms with Gasteiger partial charge < -0.3 is 10.1 Å². The first-order chi connectivity index (χ1) is 9.02. The highest BCUT2D eigenvalue weighted by Gasteiger charge is 2.29. The molecule has 1 saturated heterocycles. The fourth-order valence-corrected chi connectivity index (χ4v) is 4.53. The highest BCUT2D eigenvalue weighted by Crippen LogP contribution is 2.29. The van der Waals surface area contributed by atoms with Crippen molar-refractivity contribution >= 4 is 9.84 Å². The zero-order valence-electron chi connectivity index (χ0n) is 11.1. The van der Waals surface area contributed by atoms with Crippen LogP contribution in [0.3, 0.4) is 0 Å². The quantitative estimate of drug-likeness (QED) is 0.900. The molecule has 0 spiro atoms. The molecule has 3 rings (SSSR count). The molecule has 0 bridgehead atoms. The minimum atomic E-state index is -2.80. The molecule has 0 saturated carbocycles. The van der Waals surface area contributed by atoms with Gasteiger partial charge in [-0.3, -0.25) is 0 Å². The van der Waals surface area contributed by atoms with Gasteiger partial charge in [-0.15, -0.1) is 0 Å². The lowest BCUT2D eigenvalue weighted by Crippen LogP contribution is -2.38. The molecule has 1 aromatic carbocycles.